The third kappa shape index (κ3) is 5.14. The van der Waals surface area contributed by atoms with Crippen molar-refractivity contribution in [2.75, 3.05) is 13.2 Å². The minimum absolute atomic E-state index is 0.369. The van der Waals surface area contributed by atoms with Crippen molar-refractivity contribution < 1.29 is 19.1 Å². The fraction of sp³-hybridized carbons (Fsp3) is 0.360. The van der Waals surface area contributed by atoms with Crippen LogP contribution in [-0.2, 0) is 17.8 Å². The van der Waals surface area contributed by atoms with Crippen molar-refractivity contribution in [3.8, 4) is 17.2 Å². The van der Waals surface area contributed by atoms with Crippen LogP contribution in [-0.4, -0.2) is 40.2 Å². The molecule has 0 bridgehead atoms. The predicted molar refractivity (Wildman–Crippen MR) is 118 cm³/mol. The lowest BCUT2D eigenvalue weighted by Crippen LogP contribution is -2.35. The van der Waals surface area contributed by atoms with E-state index in [-0.39, 0.29) is 6.04 Å². The first-order chi connectivity index (χ1) is 15.0. The van der Waals surface area contributed by atoms with Crippen molar-refractivity contribution in [1.82, 2.24) is 9.88 Å². The Balaban J connectivity index is 1.30. The number of ether oxygens (including phenoxy) is 1. The molecular weight excluding hydrogens is 392 g/mol. The lowest BCUT2D eigenvalue weighted by Gasteiger charge is -2.21. The smallest absolute Gasteiger partial charge is 0.320 e. The number of aromatic nitrogens is 1. The van der Waals surface area contributed by atoms with Crippen LogP contribution in [0.3, 0.4) is 0 Å². The number of carboxylic acid groups (broad SMARTS) is 1. The molecular formula is C25H28N2O4. The normalized spacial score (nSPS) is 16.5. The minimum Gasteiger partial charge on any atom is -0.493 e. The minimum atomic E-state index is -0.730. The van der Waals surface area contributed by atoms with E-state index in [0.717, 1.165) is 47.7 Å². The van der Waals surface area contributed by atoms with Crippen molar-refractivity contribution >= 4 is 5.97 Å². The molecule has 1 aromatic heterocycles. The zero-order valence-electron chi connectivity index (χ0n) is 18.0. The summed E-state index contributed by atoms with van der Waals surface area (Å²) in [7, 11) is 0. The van der Waals surface area contributed by atoms with Gasteiger partial charge in [-0.25, -0.2) is 4.98 Å². The lowest BCUT2D eigenvalue weighted by atomic mass is 10.1. The summed E-state index contributed by atoms with van der Waals surface area (Å²) >= 11 is 0. The number of oxazole rings is 1. The summed E-state index contributed by atoms with van der Waals surface area (Å²) in [6, 6.07) is 15.6. The molecule has 6 heteroatoms. The number of aliphatic carboxylic acids is 1. The van der Waals surface area contributed by atoms with E-state index in [9.17, 15) is 9.90 Å². The van der Waals surface area contributed by atoms with Crippen LogP contribution < -0.4 is 4.74 Å². The number of likely N-dealkylation sites (tertiary alicyclic amines) is 1. The second-order valence-electron chi connectivity index (χ2n) is 8.10. The molecule has 1 aliphatic heterocycles. The number of rotatable bonds is 8. The van der Waals surface area contributed by atoms with E-state index in [0.29, 0.717) is 25.5 Å². The molecule has 4 rings (SSSR count). The number of aryl methyl sites for hydroxylation is 2. The van der Waals surface area contributed by atoms with E-state index >= 15 is 0 Å². The van der Waals surface area contributed by atoms with Gasteiger partial charge in [0.1, 0.15) is 17.6 Å². The van der Waals surface area contributed by atoms with Gasteiger partial charge in [0.25, 0.3) is 0 Å². The summed E-state index contributed by atoms with van der Waals surface area (Å²) in [5.41, 5.74) is 4.17. The van der Waals surface area contributed by atoms with Gasteiger partial charge in [-0.1, -0.05) is 29.8 Å². The number of nitrogens with zero attached hydrogens (tertiary/aromatic N) is 2. The van der Waals surface area contributed by atoms with E-state index in [4.69, 9.17) is 9.15 Å². The monoisotopic (exact) mass is 420 g/mol. The first-order valence-corrected chi connectivity index (χ1v) is 10.7. The molecule has 2 heterocycles. The van der Waals surface area contributed by atoms with Gasteiger partial charge in [0.05, 0.1) is 12.3 Å². The number of carbonyl (C=O) groups is 1. The fourth-order valence-electron chi connectivity index (χ4n) is 3.97. The second kappa shape index (κ2) is 9.35. The molecule has 3 aromatic rings. The first kappa shape index (κ1) is 21.1. The van der Waals surface area contributed by atoms with Gasteiger partial charge in [0, 0.05) is 18.5 Å². The van der Waals surface area contributed by atoms with Crippen LogP contribution in [0.4, 0.5) is 0 Å². The van der Waals surface area contributed by atoms with Crippen molar-refractivity contribution in [3.63, 3.8) is 0 Å². The molecule has 0 saturated carbocycles. The Labute approximate surface area is 182 Å². The SMILES string of the molecule is Cc1ccc(-c2nc(CCOc3ccc(CN4CCC[C@H]4C(=O)O)cc3)c(C)o2)cc1. The van der Waals surface area contributed by atoms with Gasteiger partial charge in [0.15, 0.2) is 0 Å². The zero-order valence-corrected chi connectivity index (χ0v) is 18.0. The molecule has 1 atom stereocenters. The van der Waals surface area contributed by atoms with Gasteiger partial charge in [-0.3, -0.25) is 9.69 Å². The standard InChI is InChI=1S/C25H28N2O4/c1-17-5-9-20(10-6-17)24-26-22(18(2)31-24)13-15-30-21-11-7-19(8-12-21)16-27-14-3-4-23(27)25(28)29/h5-12,23H,3-4,13-16H2,1-2H3,(H,28,29)/t23-/m0/s1. The summed E-state index contributed by atoms with van der Waals surface area (Å²) in [5.74, 6) is 1.51. The molecule has 1 saturated heterocycles. The Bertz CT molecular complexity index is 1020. The Morgan fingerprint density at radius 2 is 1.90 bits per heavy atom. The average Bonchev–Trinajstić information content (AvgIpc) is 3.37. The molecule has 162 valence electrons. The zero-order chi connectivity index (χ0) is 21.8. The highest BCUT2D eigenvalue weighted by molar-refractivity contribution is 5.73. The average molecular weight is 421 g/mol. The summed E-state index contributed by atoms with van der Waals surface area (Å²) < 4.78 is 11.7. The van der Waals surface area contributed by atoms with Gasteiger partial charge in [-0.05, 0) is 63.1 Å². The Hall–Kier alpha value is -3.12. The van der Waals surface area contributed by atoms with E-state index < -0.39 is 5.97 Å². The predicted octanol–water partition coefficient (Wildman–Crippen LogP) is 4.63. The maximum Gasteiger partial charge on any atom is 0.320 e. The van der Waals surface area contributed by atoms with Crippen LogP contribution in [0.5, 0.6) is 5.75 Å². The van der Waals surface area contributed by atoms with Crippen LogP contribution in [0.15, 0.2) is 52.9 Å². The van der Waals surface area contributed by atoms with Gasteiger partial charge in [-0.2, -0.15) is 0 Å². The Morgan fingerprint density at radius 1 is 1.16 bits per heavy atom. The fourth-order valence-corrected chi connectivity index (χ4v) is 3.97. The third-order valence-corrected chi connectivity index (χ3v) is 5.76. The molecule has 1 fully saturated rings. The first-order valence-electron chi connectivity index (χ1n) is 10.7. The molecule has 31 heavy (non-hydrogen) atoms. The van der Waals surface area contributed by atoms with Crippen molar-refractivity contribution in [1.29, 1.82) is 0 Å². The third-order valence-electron chi connectivity index (χ3n) is 5.76. The van der Waals surface area contributed by atoms with Gasteiger partial charge >= 0.3 is 5.97 Å². The topological polar surface area (TPSA) is 75.8 Å². The van der Waals surface area contributed by atoms with E-state index in [1.807, 2.05) is 60.4 Å². The molecule has 0 amide bonds. The van der Waals surface area contributed by atoms with Crippen LogP contribution in [0.1, 0.15) is 35.4 Å². The van der Waals surface area contributed by atoms with Crippen molar-refractivity contribution in [2.45, 2.75) is 45.7 Å². The van der Waals surface area contributed by atoms with Gasteiger partial charge in [-0.15, -0.1) is 0 Å². The summed E-state index contributed by atoms with van der Waals surface area (Å²) in [6.07, 6.45) is 2.33. The number of benzene rings is 2. The summed E-state index contributed by atoms with van der Waals surface area (Å²) in [5, 5.41) is 9.32. The van der Waals surface area contributed by atoms with Gasteiger partial charge in [0.2, 0.25) is 5.89 Å². The maximum atomic E-state index is 11.3. The quantitative estimate of drug-likeness (QED) is 0.573. The highest BCUT2D eigenvalue weighted by atomic mass is 16.5. The number of carboxylic acids is 1. The molecule has 2 aromatic carbocycles. The molecule has 1 N–H and O–H groups in total. The lowest BCUT2D eigenvalue weighted by molar-refractivity contribution is -0.142. The maximum absolute atomic E-state index is 11.3. The largest absolute Gasteiger partial charge is 0.493 e. The number of hydrogen-bond acceptors (Lipinski definition) is 5. The molecule has 0 aliphatic carbocycles. The van der Waals surface area contributed by atoms with Crippen molar-refractivity contribution in [2.24, 2.45) is 0 Å². The second-order valence-corrected chi connectivity index (χ2v) is 8.10. The highest BCUT2D eigenvalue weighted by Crippen LogP contribution is 2.24. The van der Waals surface area contributed by atoms with Crippen LogP contribution in [0, 0.1) is 13.8 Å². The Morgan fingerprint density at radius 3 is 2.61 bits per heavy atom. The highest BCUT2D eigenvalue weighted by Gasteiger charge is 2.30. The van der Waals surface area contributed by atoms with Crippen LogP contribution >= 0.6 is 0 Å². The van der Waals surface area contributed by atoms with Crippen LogP contribution in [0.2, 0.25) is 0 Å². The Kier molecular flexibility index (Phi) is 6.37. The van der Waals surface area contributed by atoms with Crippen LogP contribution in [0.25, 0.3) is 11.5 Å². The van der Waals surface area contributed by atoms with E-state index in [1.54, 1.807) is 0 Å². The van der Waals surface area contributed by atoms with E-state index in [2.05, 4.69) is 11.9 Å². The van der Waals surface area contributed by atoms with Gasteiger partial charge < -0.3 is 14.3 Å². The summed E-state index contributed by atoms with van der Waals surface area (Å²) in [4.78, 5) is 18.0. The number of hydrogen-bond donors (Lipinski definition) is 1. The van der Waals surface area contributed by atoms with E-state index in [1.165, 1.54) is 5.56 Å². The van der Waals surface area contributed by atoms with Crippen molar-refractivity contribution in [3.05, 3.63) is 71.1 Å². The summed E-state index contributed by atoms with van der Waals surface area (Å²) in [6.45, 7) is 5.97. The molecule has 1 aliphatic rings. The molecule has 0 spiro atoms. The molecule has 0 unspecified atom stereocenters. The molecule has 6 nitrogen and oxygen atoms in total. The molecule has 0 radical (unpaired) electrons.